The fraction of sp³-hybridized carbons (Fsp3) is 0.154. The van der Waals surface area contributed by atoms with Crippen molar-refractivity contribution in [2.24, 2.45) is 5.73 Å². The quantitative estimate of drug-likeness (QED) is 0.620. The molecule has 1 heterocycles. The molecule has 3 rings (SSSR count). The zero-order valence-corrected chi connectivity index (χ0v) is 9.29. The van der Waals surface area contributed by atoms with E-state index >= 15 is 0 Å². The fourth-order valence-electron chi connectivity index (χ4n) is 2.34. The number of nitrogens with two attached hydrogens (primary N) is 1. The number of H-pyrrole nitrogens is 2. The lowest BCUT2D eigenvalue weighted by atomic mass is 10.0. The summed E-state index contributed by atoms with van der Waals surface area (Å²) >= 11 is 0. The summed E-state index contributed by atoms with van der Waals surface area (Å²) in [5.74, 6) is 0. The Morgan fingerprint density at radius 2 is 2.00 bits per heavy atom. The van der Waals surface area contributed by atoms with Gasteiger partial charge in [-0.2, -0.15) is 0 Å². The van der Waals surface area contributed by atoms with Gasteiger partial charge in [-0.25, -0.2) is 4.79 Å². The van der Waals surface area contributed by atoms with Crippen LogP contribution in [0.3, 0.4) is 0 Å². The highest BCUT2D eigenvalue weighted by molar-refractivity contribution is 5.99. The molecule has 17 heavy (non-hydrogen) atoms. The highest BCUT2D eigenvalue weighted by Crippen LogP contribution is 2.25. The third kappa shape index (κ3) is 1.54. The minimum absolute atomic E-state index is 0.173. The number of aromatic nitrogens is 2. The van der Waals surface area contributed by atoms with E-state index < -0.39 is 0 Å². The molecule has 0 spiro atoms. The predicted octanol–water partition coefficient (Wildman–Crippen LogP) is 1.51. The van der Waals surface area contributed by atoms with Crippen molar-refractivity contribution in [2.45, 2.75) is 6.42 Å². The Balaban J connectivity index is 2.50. The maximum absolute atomic E-state index is 11.4. The number of fused-ring (bicyclic) bond motifs is 2. The van der Waals surface area contributed by atoms with Crippen molar-refractivity contribution < 1.29 is 0 Å². The number of benzene rings is 2. The largest absolute Gasteiger partial charge is 0.330 e. The van der Waals surface area contributed by atoms with Crippen LogP contribution in [0.15, 0.2) is 35.1 Å². The summed E-state index contributed by atoms with van der Waals surface area (Å²) in [5, 5.41) is 2.28. The van der Waals surface area contributed by atoms with Crippen LogP contribution in [-0.2, 0) is 6.42 Å². The Kier molecular flexibility index (Phi) is 2.23. The maximum Gasteiger partial charge on any atom is 0.323 e. The first-order valence-electron chi connectivity index (χ1n) is 5.62. The summed E-state index contributed by atoms with van der Waals surface area (Å²) in [5.41, 5.74) is 8.30. The third-order valence-electron chi connectivity index (χ3n) is 3.04. The van der Waals surface area contributed by atoms with Gasteiger partial charge >= 0.3 is 5.69 Å². The van der Waals surface area contributed by atoms with E-state index in [2.05, 4.69) is 16.0 Å². The lowest BCUT2D eigenvalue weighted by molar-refractivity contribution is 0.981. The van der Waals surface area contributed by atoms with Crippen molar-refractivity contribution in [1.29, 1.82) is 0 Å². The predicted molar refractivity (Wildman–Crippen MR) is 69.2 cm³/mol. The van der Waals surface area contributed by atoms with Gasteiger partial charge in [0, 0.05) is 0 Å². The first-order valence-corrected chi connectivity index (χ1v) is 5.62. The molecular weight excluding hydrogens is 214 g/mol. The van der Waals surface area contributed by atoms with Gasteiger partial charge < -0.3 is 15.7 Å². The topological polar surface area (TPSA) is 74.7 Å². The molecule has 4 heteroatoms. The van der Waals surface area contributed by atoms with E-state index in [1.54, 1.807) is 0 Å². The normalized spacial score (nSPS) is 11.4. The Bertz CT molecular complexity index is 739. The number of imidazole rings is 1. The van der Waals surface area contributed by atoms with Crippen molar-refractivity contribution in [2.75, 3.05) is 6.54 Å². The molecule has 0 bridgehead atoms. The summed E-state index contributed by atoms with van der Waals surface area (Å²) < 4.78 is 0. The number of aromatic amines is 2. The van der Waals surface area contributed by atoms with Crippen LogP contribution in [0.1, 0.15) is 5.56 Å². The molecule has 1 aromatic heterocycles. The van der Waals surface area contributed by atoms with Crippen LogP contribution in [-0.4, -0.2) is 16.5 Å². The van der Waals surface area contributed by atoms with E-state index in [9.17, 15) is 4.79 Å². The minimum Gasteiger partial charge on any atom is -0.330 e. The van der Waals surface area contributed by atoms with Gasteiger partial charge in [0.25, 0.3) is 0 Å². The molecule has 4 N–H and O–H groups in total. The number of rotatable bonds is 2. The molecule has 86 valence electrons. The average molecular weight is 227 g/mol. The molecule has 0 saturated carbocycles. The molecule has 0 radical (unpaired) electrons. The highest BCUT2D eigenvalue weighted by atomic mass is 16.1. The average Bonchev–Trinajstić information content (AvgIpc) is 2.69. The van der Waals surface area contributed by atoms with Gasteiger partial charge in [-0.15, -0.1) is 0 Å². The van der Waals surface area contributed by atoms with Gasteiger partial charge in [0.2, 0.25) is 0 Å². The molecule has 3 aromatic rings. The summed E-state index contributed by atoms with van der Waals surface area (Å²) in [6, 6.07) is 10.1. The lowest BCUT2D eigenvalue weighted by Gasteiger charge is -2.06. The Morgan fingerprint density at radius 1 is 1.18 bits per heavy atom. The molecule has 0 unspecified atom stereocenters. The minimum atomic E-state index is -0.173. The SMILES string of the molecule is NCCc1c2ccccc2cc2[nH]c(=O)[nH]c12. The van der Waals surface area contributed by atoms with Gasteiger partial charge in [-0.1, -0.05) is 24.3 Å². The fourth-order valence-corrected chi connectivity index (χ4v) is 2.34. The van der Waals surface area contributed by atoms with Crippen molar-refractivity contribution in [3.8, 4) is 0 Å². The monoisotopic (exact) mass is 227 g/mol. The first-order chi connectivity index (χ1) is 8.29. The lowest BCUT2D eigenvalue weighted by Crippen LogP contribution is -2.04. The van der Waals surface area contributed by atoms with Crippen LogP contribution in [0.5, 0.6) is 0 Å². The first kappa shape index (κ1) is 10.1. The van der Waals surface area contributed by atoms with Gasteiger partial charge in [0.15, 0.2) is 0 Å². The summed E-state index contributed by atoms with van der Waals surface area (Å²) in [7, 11) is 0. The van der Waals surface area contributed by atoms with Crippen molar-refractivity contribution >= 4 is 21.8 Å². The molecule has 0 aliphatic carbocycles. The van der Waals surface area contributed by atoms with E-state index in [1.807, 2.05) is 24.3 Å². The molecule has 0 aliphatic rings. The van der Waals surface area contributed by atoms with Crippen LogP contribution >= 0.6 is 0 Å². The van der Waals surface area contributed by atoms with E-state index in [-0.39, 0.29) is 5.69 Å². The molecular formula is C13H13N3O. The number of hydrogen-bond acceptors (Lipinski definition) is 2. The Hall–Kier alpha value is -2.07. The zero-order chi connectivity index (χ0) is 11.8. The van der Waals surface area contributed by atoms with E-state index in [4.69, 9.17) is 5.73 Å². The number of hydrogen-bond donors (Lipinski definition) is 3. The third-order valence-corrected chi connectivity index (χ3v) is 3.04. The van der Waals surface area contributed by atoms with Crippen molar-refractivity contribution in [3.63, 3.8) is 0 Å². The highest BCUT2D eigenvalue weighted by Gasteiger charge is 2.09. The second-order valence-corrected chi connectivity index (χ2v) is 4.12. The van der Waals surface area contributed by atoms with Crippen LogP contribution in [0.2, 0.25) is 0 Å². The van der Waals surface area contributed by atoms with Gasteiger partial charge in [0.05, 0.1) is 11.0 Å². The molecule has 0 saturated heterocycles. The van der Waals surface area contributed by atoms with Gasteiger partial charge in [-0.05, 0) is 35.4 Å². The molecule has 2 aromatic carbocycles. The standard InChI is InChI=1S/C13H13N3O/c14-6-5-10-9-4-2-1-3-8(9)7-11-12(10)16-13(17)15-11/h1-4,7H,5-6,14H2,(H2,15,16,17). The maximum atomic E-state index is 11.4. The van der Waals surface area contributed by atoms with E-state index in [0.717, 1.165) is 33.8 Å². The smallest absolute Gasteiger partial charge is 0.323 e. The summed E-state index contributed by atoms with van der Waals surface area (Å²) in [6.07, 6.45) is 0.756. The Morgan fingerprint density at radius 3 is 2.82 bits per heavy atom. The van der Waals surface area contributed by atoms with Crippen LogP contribution in [0.4, 0.5) is 0 Å². The summed E-state index contributed by atoms with van der Waals surface area (Å²) in [4.78, 5) is 17.0. The van der Waals surface area contributed by atoms with Crippen LogP contribution in [0.25, 0.3) is 21.8 Å². The Labute approximate surface area is 97.5 Å². The molecule has 0 atom stereocenters. The molecule has 4 nitrogen and oxygen atoms in total. The van der Waals surface area contributed by atoms with Crippen LogP contribution in [0, 0.1) is 0 Å². The number of nitrogens with one attached hydrogen (secondary N) is 2. The summed E-state index contributed by atoms with van der Waals surface area (Å²) in [6.45, 7) is 0.566. The molecule has 0 aliphatic heterocycles. The molecule has 0 amide bonds. The van der Waals surface area contributed by atoms with Gasteiger partial charge in [-0.3, -0.25) is 0 Å². The van der Waals surface area contributed by atoms with Crippen LogP contribution < -0.4 is 11.4 Å². The van der Waals surface area contributed by atoms with Crippen molar-refractivity contribution in [3.05, 3.63) is 46.4 Å². The second kappa shape index (κ2) is 3.75. The zero-order valence-electron chi connectivity index (χ0n) is 9.29. The van der Waals surface area contributed by atoms with E-state index in [1.165, 1.54) is 0 Å². The second-order valence-electron chi connectivity index (χ2n) is 4.12. The van der Waals surface area contributed by atoms with Crippen molar-refractivity contribution in [1.82, 2.24) is 9.97 Å². The van der Waals surface area contributed by atoms with Gasteiger partial charge in [0.1, 0.15) is 0 Å². The molecule has 0 fully saturated rings. The van der Waals surface area contributed by atoms with E-state index in [0.29, 0.717) is 6.54 Å².